The van der Waals surface area contributed by atoms with Crippen LogP contribution in [0.1, 0.15) is 24.5 Å². The largest absolute Gasteiger partial charge is 0.500 e. The number of hydrogen-bond donors (Lipinski definition) is 0. The summed E-state index contributed by atoms with van der Waals surface area (Å²) in [6, 6.07) is 0. The maximum absolute atomic E-state index is 11.4. The molecule has 7 nitrogen and oxygen atoms in total. The first-order valence-electron chi connectivity index (χ1n) is 7.55. The minimum Gasteiger partial charge on any atom is -0.500 e. The van der Waals surface area contributed by atoms with Gasteiger partial charge >= 0.3 is 5.97 Å². The van der Waals surface area contributed by atoms with E-state index in [0.717, 1.165) is 10.7 Å². The molecule has 0 aliphatic heterocycles. The second kappa shape index (κ2) is 10.6. The van der Waals surface area contributed by atoms with E-state index in [-0.39, 0.29) is 12.0 Å². The summed E-state index contributed by atoms with van der Waals surface area (Å²) in [5, 5.41) is 6.57. The Morgan fingerprint density at radius 1 is 1.28 bits per heavy atom. The van der Waals surface area contributed by atoms with E-state index in [0.29, 0.717) is 11.5 Å². The third-order valence-electron chi connectivity index (χ3n) is 3.43. The summed E-state index contributed by atoms with van der Waals surface area (Å²) in [7, 11) is 5.92. The van der Waals surface area contributed by atoms with Crippen molar-refractivity contribution in [1.29, 1.82) is 0 Å². The Morgan fingerprint density at radius 2 is 2.00 bits per heavy atom. The molecule has 0 bridgehead atoms. The van der Waals surface area contributed by atoms with Crippen molar-refractivity contribution >= 4 is 29.1 Å². The summed E-state index contributed by atoms with van der Waals surface area (Å²) in [6.07, 6.45) is 4.75. The van der Waals surface area contributed by atoms with E-state index in [1.807, 2.05) is 31.4 Å². The van der Waals surface area contributed by atoms with Gasteiger partial charge in [-0.15, -0.1) is 11.3 Å². The number of carbonyl (C=O) groups excluding carboxylic acids is 1. The van der Waals surface area contributed by atoms with Crippen molar-refractivity contribution in [2.45, 2.75) is 20.0 Å². The Labute approximate surface area is 151 Å². The predicted molar refractivity (Wildman–Crippen MR) is 97.4 cm³/mol. The highest BCUT2D eigenvalue weighted by Crippen LogP contribution is 2.21. The van der Waals surface area contributed by atoms with Gasteiger partial charge in [-0.25, -0.2) is 9.78 Å². The van der Waals surface area contributed by atoms with E-state index in [9.17, 15) is 4.79 Å². The quantitative estimate of drug-likeness (QED) is 0.219. The van der Waals surface area contributed by atoms with Gasteiger partial charge in [0.2, 0.25) is 0 Å². The highest BCUT2D eigenvalue weighted by Gasteiger charge is 2.20. The van der Waals surface area contributed by atoms with Crippen LogP contribution in [-0.2, 0) is 23.8 Å². The molecule has 0 aromatic carbocycles. The summed E-state index contributed by atoms with van der Waals surface area (Å²) >= 11 is 1.48. The Morgan fingerprint density at radius 3 is 2.56 bits per heavy atom. The fourth-order valence-electron chi connectivity index (χ4n) is 2.06. The molecule has 2 atom stereocenters. The van der Waals surface area contributed by atoms with Crippen LogP contribution in [0.3, 0.4) is 0 Å². The fraction of sp³-hybridized carbons (Fsp3) is 0.471. The number of thiazole rings is 1. The van der Waals surface area contributed by atoms with Crippen LogP contribution in [0, 0.1) is 5.92 Å². The molecule has 0 aliphatic rings. The van der Waals surface area contributed by atoms with Crippen LogP contribution in [0.4, 0.5) is 0 Å². The highest BCUT2D eigenvalue weighted by molar-refractivity contribution is 7.11. The lowest BCUT2D eigenvalue weighted by molar-refractivity contribution is -0.135. The second-order valence-corrected chi connectivity index (χ2v) is 5.92. The van der Waals surface area contributed by atoms with Gasteiger partial charge in [-0.2, -0.15) is 0 Å². The number of rotatable bonds is 9. The standard InChI is InChI=1S/C17H24N2O5S/c1-11(15(22-4)9-16(20)23-5)14(21-3)8-7-13-10-25-17(18-13)12(2)19-24-6/h7-11,14H,1-6H3/b8-7+,15-9+,19-12-/t11-,14+/m1/s1. The van der Waals surface area contributed by atoms with Crippen molar-refractivity contribution in [3.63, 3.8) is 0 Å². The van der Waals surface area contributed by atoms with Crippen LogP contribution in [0.2, 0.25) is 0 Å². The van der Waals surface area contributed by atoms with Gasteiger partial charge in [-0.3, -0.25) is 0 Å². The third-order valence-corrected chi connectivity index (χ3v) is 4.40. The highest BCUT2D eigenvalue weighted by atomic mass is 32.1. The number of ether oxygens (including phenoxy) is 3. The first kappa shape index (κ1) is 20.9. The maximum Gasteiger partial charge on any atom is 0.333 e. The molecule has 0 radical (unpaired) electrons. The SMILES string of the molecule is CO/N=C(/C)c1nc(/C=C/[C@H](OC)[C@@H](C)/C(=C\C(=O)OC)OC)cs1. The smallest absolute Gasteiger partial charge is 0.333 e. The van der Waals surface area contributed by atoms with Crippen LogP contribution >= 0.6 is 11.3 Å². The Bertz CT molecular complexity index is 651. The zero-order valence-corrected chi connectivity index (χ0v) is 16.1. The van der Waals surface area contributed by atoms with Crippen molar-refractivity contribution in [1.82, 2.24) is 4.98 Å². The van der Waals surface area contributed by atoms with Gasteiger partial charge in [0.05, 0.1) is 32.1 Å². The zero-order valence-electron chi connectivity index (χ0n) is 15.3. The van der Waals surface area contributed by atoms with Crippen LogP contribution in [0.5, 0.6) is 0 Å². The van der Waals surface area contributed by atoms with E-state index >= 15 is 0 Å². The number of esters is 1. The van der Waals surface area contributed by atoms with Crippen LogP contribution in [0.15, 0.2) is 28.4 Å². The molecular formula is C17H24N2O5S. The van der Waals surface area contributed by atoms with Gasteiger partial charge in [-0.05, 0) is 13.0 Å². The lowest BCUT2D eigenvalue weighted by atomic mass is 10.0. The van der Waals surface area contributed by atoms with Crippen molar-refractivity contribution in [2.24, 2.45) is 11.1 Å². The predicted octanol–water partition coefficient (Wildman–Crippen LogP) is 2.88. The van der Waals surface area contributed by atoms with Gasteiger partial charge < -0.3 is 19.0 Å². The summed E-state index contributed by atoms with van der Waals surface area (Å²) in [4.78, 5) is 20.6. The molecule has 0 saturated carbocycles. The summed E-state index contributed by atoms with van der Waals surface area (Å²) in [6.45, 7) is 3.73. The number of methoxy groups -OCH3 is 3. The normalized spacial score (nSPS) is 15.1. The van der Waals surface area contributed by atoms with Gasteiger partial charge in [0, 0.05) is 18.4 Å². The second-order valence-electron chi connectivity index (χ2n) is 5.06. The van der Waals surface area contributed by atoms with Crippen molar-refractivity contribution in [3.05, 3.63) is 34.0 Å². The molecule has 0 unspecified atom stereocenters. The first-order chi connectivity index (χ1) is 12.0. The molecule has 1 rings (SSSR count). The Hall–Kier alpha value is -2.19. The molecule has 1 aromatic rings. The van der Waals surface area contributed by atoms with Crippen molar-refractivity contribution in [2.75, 3.05) is 28.4 Å². The number of nitrogens with zero attached hydrogens (tertiary/aromatic N) is 2. The molecular weight excluding hydrogens is 344 g/mol. The average Bonchev–Trinajstić information content (AvgIpc) is 3.09. The molecule has 0 N–H and O–H groups in total. The monoisotopic (exact) mass is 368 g/mol. The van der Waals surface area contributed by atoms with E-state index < -0.39 is 5.97 Å². The number of hydrogen-bond acceptors (Lipinski definition) is 8. The number of aromatic nitrogens is 1. The zero-order chi connectivity index (χ0) is 18.8. The summed E-state index contributed by atoms with van der Waals surface area (Å²) in [5.74, 6) is -0.176. The van der Waals surface area contributed by atoms with E-state index in [2.05, 4.69) is 14.9 Å². The minimum atomic E-state index is -0.473. The lowest BCUT2D eigenvalue weighted by Gasteiger charge is -2.21. The molecule has 8 heteroatoms. The molecule has 0 spiro atoms. The molecule has 1 aromatic heterocycles. The van der Waals surface area contributed by atoms with Crippen LogP contribution in [-0.4, -0.2) is 51.2 Å². The Kier molecular flexibility index (Phi) is 8.87. The van der Waals surface area contributed by atoms with Crippen molar-refractivity contribution in [3.8, 4) is 0 Å². The van der Waals surface area contributed by atoms with E-state index in [1.54, 1.807) is 7.11 Å². The van der Waals surface area contributed by atoms with E-state index in [4.69, 9.17) is 14.3 Å². The molecule has 0 amide bonds. The van der Waals surface area contributed by atoms with E-state index in [1.165, 1.54) is 38.7 Å². The first-order valence-corrected chi connectivity index (χ1v) is 8.42. The number of oxime groups is 1. The van der Waals surface area contributed by atoms with Gasteiger partial charge in [0.15, 0.2) is 0 Å². The summed E-state index contributed by atoms with van der Waals surface area (Å²) < 4.78 is 15.4. The van der Waals surface area contributed by atoms with Crippen LogP contribution in [0.25, 0.3) is 6.08 Å². The minimum absolute atomic E-state index is 0.180. The van der Waals surface area contributed by atoms with Gasteiger partial charge in [0.1, 0.15) is 23.6 Å². The molecule has 1 heterocycles. The fourth-order valence-corrected chi connectivity index (χ4v) is 2.79. The topological polar surface area (TPSA) is 79.2 Å². The lowest BCUT2D eigenvalue weighted by Crippen LogP contribution is -2.21. The molecule has 0 fully saturated rings. The third kappa shape index (κ3) is 6.32. The summed E-state index contributed by atoms with van der Waals surface area (Å²) in [5.41, 5.74) is 1.50. The molecule has 0 aliphatic carbocycles. The molecule has 25 heavy (non-hydrogen) atoms. The molecule has 138 valence electrons. The van der Waals surface area contributed by atoms with Crippen LogP contribution < -0.4 is 0 Å². The maximum atomic E-state index is 11.4. The van der Waals surface area contributed by atoms with Crippen molar-refractivity contribution < 1.29 is 23.8 Å². The van der Waals surface area contributed by atoms with Gasteiger partial charge in [0.25, 0.3) is 0 Å². The Balaban J connectivity index is 2.90. The average molecular weight is 368 g/mol. The molecule has 0 saturated heterocycles. The number of carbonyl (C=O) groups is 1. The van der Waals surface area contributed by atoms with Gasteiger partial charge in [-0.1, -0.05) is 18.2 Å².